The average Bonchev–Trinajstić information content (AvgIpc) is 2.74. The molecule has 0 aliphatic carbocycles. The molecule has 2 N–H and O–H groups in total. The van der Waals surface area contributed by atoms with Crippen LogP contribution in [0.5, 0.6) is 0 Å². The van der Waals surface area contributed by atoms with Crippen LogP contribution in [0.15, 0.2) is 12.3 Å². The third-order valence-corrected chi connectivity index (χ3v) is 3.61. The number of carbonyl (C=O) groups is 1. The lowest BCUT2D eigenvalue weighted by Crippen LogP contribution is -2.43. The number of hydrogen-bond acceptors (Lipinski definition) is 3. The second kappa shape index (κ2) is 4.87. The van der Waals surface area contributed by atoms with Crippen LogP contribution in [0.25, 0.3) is 0 Å². The largest absolute Gasteiger partial charge is 0.337 e. The topological polar surface area (TPSA) is 64.2 Å². The van der Waals surface area contributed by atoms with Gasteiger partial charge in [-0.15, -0.1) is 0 Å². The minimum atomic E-state index is 0.0770. The van der Waals surface area contributed by atoms with E-state index in [0.29, 0.717) is 11.6 Å². The summed E-state index contributed by atoms with van der Waals surface area (Å²) in [6.45, 7) is 3.65. The van der Waals surface area contributed by atoms with Crippen LogP contribution in [-0.4, -0.2) is 39.7 Å². The summed E-state index contributed by atoms with van der Waals surface area (Å²) in [6.07, 6.45) is 3.66. The first-order valence-corrected chi connectivity index (χ1v) is 6.12. The van der Waals surface area contributed by atoms with Crippen molar-refractivity contribution in [2.24, 2.45) is 18.7 Å². The Labute approximate surface area is 102 Å². The molecule has 0 spiro atoms. The zero-order chi connectivity index (χ0) is 12.4. The molecular weight excluding hydrogens is 216 g/mol. The molecule has 1 unspecified atom stereocenters. The number of hydrogen-bond donors (Lipinski definition) is 1. The number of aryl methyl sites for hydroxylation is 1. The zero-order valence-corrected chi connectivity index (χ0v) is 10.5. The molecule has 0 radical (unpaired) electrons. The van der Waals surface area contributed by atoms with Crippen LogP contribution in [0.4, 0.5) is 0 Å². The Morgan fingerprint density at radius 1 is 1.53 bits per heavy atom. The van der Waals surface area contributed by atoms with Crippen molar-refractivity contribution in [3.63, 3.8) is 0 Å². The summed E-state index contributed by atoms with van der Waals surface area (Å²) >= 11 is 0. The molecule has 17 heavy (non-hydrogen) atoms. The highest BCUT2D eigenvalue weighted by atomic mass is 16.2. The van der Waals surface area contributed by atoms with Gasteiger partial charge in [0.1, 0.15) is 5.69 Å². The highest BCUT2D eigenvalue weighted by molar-refractivity contribution is 5.92. The van der Waals surface area contributed by atoms with Crippen molar-refractivity contribution >= 4 is 5.91 Å². The van der Waals surface area contributed by atoms with Crippen LogP contribution in [0.3, 0.4) is 0 Å². The van der Waals surface area contributed by atoms with Crippen molar-refractivity contribution in [1.82, 2.24) is 14.7 Å². The Bertz CT molecular complexity index is 391. The third-order valence-electron chi connectivity index (χ3n) is 3.61. The van der Waals surface area contributed by atoms with Crippen molar-refractivity contribution in [2.45, 2.75) is 25.8 Å². The summed E-state index contributed by atoms with van der Waals surface area (Å²) < 4.78 is 1.62. The first kappa shape index (κ1) is 12.1. The van der Waals surface area contributed by atoms with Gasteiger partial charge in [-0.25, -0.2) is 0 Å². The number of amides is 1. The van der Waals surface area contributed by atoms with Gasteiger partial charge in [-0.1, -0.05) is 0 Å². The number of rotatable bonds is 2. The maximum Gasteiger partial charge on any atom is 0.272 e. The van der Waals surface area contributed by atoms with Gasteiger partial charge in [-0.05, 0) is 31.7 Å². The van der Waals surface area contributed by atoms with E-state index in [4.69, 9.17) is 5.73 Å². The SMILES string of the molecule is CC(N)C1CCN(C(=O)c2ccnn2C)CC1. The fourth-order valence-corrected chi connectivity index (χ4v) is 2.37. The van der Waals surface area contributed by atoms with Gasteiger partial charge in [0.2, 0.25) is 0 Å². The van der Waals surface area contributed by atoms with Gasteiger partial charge >= 0.3 is 0 Å². The number of aromatic nitrogens is 2. The number of nitrogens with two attached hydrogens (primary N) is 1. The lowest BCUT2D eigenvalue weighted by molar-refractivity contribution is 0.0670. The summed E-state index contributed by atoms with van der Waals surface area (Å²) in [6, 6.07) is 1.99. The molecule has 1 aliphatic rings. The summed E-state index contributed by atoms with van der Waals surface area (Å²) in [5, 5.41) is 4.02. The third kappa shape index (κ3) is 2.49. The van der Waals surface area contributed by atoms with Crippen molar-refractivity contribution < 1.29 is 4.79 Å². The Hall–Kier alpha value is -1.36. The van der Waals surface area contributed by atoms with Gasteiger partial charge in [0.15, 0.2) is 0 Å². The van der Waals surface area contributed by atoms with Crippen molar-refractivity contribution in [3.8, 4) is 0 Å². The molecule has 94 valence electrons. The Kier molecular flexibility index (Phi) is 3.47. The smallest absolute Gasteiger partial charge is 0.272 e. The van der Waals surface area contributed by atoms with Crippen molar-refractivity contribution in [2.75, 3.05) is 13.1 Å². The highest BCUT2D eigenvalue weighted by Gasteiger charge is 2.26. The molecule has 1 fully saturated rings. The maximum absolute atomic E-state index is 12.2. The van der Waals surface area contributed by atoms with Crippen molar-refractivity contribution in [1.29, 1.82) is 0 Å². The van der Waals surface area contributed by atoms with Crippen LogP contribution in [0.1, 0.15) is 30.3 Å². The van der Waals surface area contributed by atoms with Crippen molar-refractivity contribution in [3.05, 3.63) is 18.0 Å². The molecule has 1 aliphatic heterocycles. The second-order valence-electron chi connectivity index (χ2n) is 4.83. The first-order valence-electron chi connectivity index (χ1n) is 6.12. The fourth-order valence-electron chi connectivity index (χ4n) is 2.37. The zero-order valence-electron chi connectivity index (χ0n) is 10.5. The molecule has 1 aromatic heterocycles. The van der Waals surface area contributed by atoms with Crippen LogP contribution < -0.4 is 5.73 Å². The number of carbonyl (C=O) groups excluding carboxylic acids is 1. The number of nitrogens with zero attached hydrogens (tertiary/aromatic N) is 3. The Morgan fingerprint density at radius 2 is 2.18 bits per heavy atom. The van der Waals surface area contributed by atoms with E-state index in [1.807, 2.05) is 11.8 Å². The van der Waals surface area contributed by atoms with E-state index in [0.717, 1.165) is 25.9 Å². The van der Waals surface area contributed by atoms with Gasteiger partial charge < -0.3 is 10.6 Å². The standard InChI is InChI=1S/C12H20N4O/c1-9(13)10-4-7-16(8-5-10)12(17)11-3-6-14-15(11)2/h3,6,9-10H,4-5,7-8,13H2,1-2H3. The van der Waals surface area contributed by atoms with Crippen LogP contribution in [0, 0.1) is 5.92 Å². The van der Waals surface area contributed by atoms with E-state index in [2.05, 4.69) is 5.10 Å². The fraction of sp³-hybridized carbons (Fsp3) is 0.667. The van der Waals surface area contributed by atoms with Gasteiger partial charge in [0.05, 0.1) is 0 Å². The lowest BCUT2D eigenvalue weighted by Gasteiger charge is -2.33. The number of piperidine rings is 1. The maximum atomic E-state index is 12.2. The molecule has 0 aromatic carbocycles. The molecule has 1 atom stereocenters. The van der Waals surface area contributed by atoms with Gasteiger partial charge in [-0.2, -0.15) is 5.10 Å². The minimum Gasteiger partial charge on any atom is -0.337 e. The monoisotopic (exact) mass is 236 g/mol. The first-order chi connectivity index (χ1) is 8.09. The van der Waals surface area contributed by atoms with Gasteiger partial charge in [0.25, 0.3) is 5.91 Å². The van der Waals surface area contributed by atoms with Gasteiger partial charge in [0, 0.05) is 32.4 Å². The minimum absolute atomic E-state index is 0.0770. The molecule has 1 saturated heterocycles. The quantitative estimate of drug-likeness (QED) is 0.818. The molecule has 5 nitrogen and oxygen atoms in total. The Morgan fingerprint density at radius 3 is 2.65 bits per heavy atom. The Balaban J connectivity index is 1.98. The summed E-state index contributed by atoms with van der Waals surface area (Å²) in [5.41, 5.74) is 6.55. The van der Waals surface area contributed by atoms with E-state index >= 15 is 0 Å². The van der Waals surface area contributed by atoms with E-state index in [-0.39, 0.29) is 11.9 Å². The molecule has 0 bridgehead atoms. The lowest BCUT2D eigenvalue weighted by atomic mass is 9.91. The van der Waals surface area contributed by atoms with E-state index in [1.54, 1.807) is 24.0 Å². The average molecular weight is 236 g/mol. The molecule has 5 heteroatoms. The van der Waals surface area contributed by atoms with E-state index < -0.39 is 0 Å². The summed E-state index contributed by atoms with van der Waals surface area (Å²) in [4.78, 5) is 14.1. The molecule has 2 heterocycles. The summed E-state index contributed by atoms with van der Waals surface area (Å²) in [7, 11) is 1.79. The molecule has 1 amide bonds. The van der Waals surface area contributed by atoms with Crippen LogP contribution >= 0.6 is 0 Å². The predicted octanol–water partition coefficient (Wildman–Crippen LogP) is 0.619. The van der Waals surface area contributed by atoms with Crippen LogP contribution in [0.2, 0.25) is 0 Å². The van der Waals surface area contributed by atoms with E-state index in [1.165, 1.54) is 0 Å². The normalized spacial score (nSPS) is 19.4. The molecule has 0 saturated carbocycles. The van der Waals surface area contributed by atoms with E-state index in [9.17, 15) is 4.79 Å². The highest BCUT2D eigenvalue weighted by Crippen LogP contribution is 2.20. The van der Waals surface area contributed by atoms with Gasteiger partial charge in [-0.3, -0.25) is 9.48 Å². The number of likely N-dealkylation sites (tertiary alicyclic amines) is 1. The molecule has 1 aromatic rings. The van der Waals surface area contributed by atoms with Crippen LogP contribution in [-0.2, 0) is 7.05 Å². The summed E-state index contributed by atoms with van der Waals surface area (Å²) in [5.74, 6) is 0.624. The predicted molar refractivity (Wildman–Crippen MR) is 65.5 cm³/mol. The molecular formula is C12H20N4O. The second-order valence-corrected chi connectivity index (χ2v) is 4.83. The molecule has 2 rings (SSSR count).